The Balaban J connectivity index is 2.67. The molecule has 0 aliphatic carbocycles. The average molecular weight is 297 g/mol. The summed E-state index contributed by atoms with van der Waals surface area (Å²) >= 11 is 0. The number of rotatable bonds is 6. The summed E-state index contributed by atoms with van der Waals surface area (Å²) in [5.41, 5.74) is 0. The largest absolute Gasteiger partial charge is 0.481 e. The fraction of sp³-hybridized carbons (Fsp3) is 0.467. The van der Waals surface area contributed by atoms with Crippen LogP contribution in [0.1, 0.15) is 20.8 Å². The van der Waals surface area contributed by atoms with Gasteiger partial charge >= 0.3 is 5.97 Å². The van der Waals surface area contributed by atoms with Crippen LogP contribution in [0, 0.1) is 11.7 Å². The van der Waals surface area contributed by atoms with Crippen molar-refractivity contribution < 1.29 is 23.5 Å². The molecule has 116 valence electrons. The fourth-order valence-electron chi connectivity index (χ4n) is 1.69. The maximum atomic E-state index is 13.0. The Morgan fingerprint density at radius 3 is 2.43 bits per heavy atom. The van der Waals surface area contributed by atoms with E-state index >= 15 is 0 Å². The highest BCUT2D eigenvalue weighted by atomic mass is 19.1. The number of amides is 1. The molecular formula is C15H20FNO4. The lowest BCUT2D eigenvalue weighted by molar-refractivity contribution is -0.147. The van der Waals surface area contributed by atoms with Gasteiger partial charge in [0, 0.05) is 6.07 Å². The summed E-state index contributed by atoms with van der Waals surface area (Å²) in [6, 6.07) is 4.75. The van der Waals surface area contributed by atoms with E-state index in [2.05, 4.69) is 10.1 Å². The first-order chi connectivity index (χ1) is 9.85. The second-order valence-corrected chi connectivity index (χ2v) is 4.97. The topological polar surface area (TPSA) is 64.6 Å². The number of carbonyl (C=O) groups is 2. The van der Waals surface area contributed by atoms with E-state index in [1.165, 1.54) is 32.2 Å². The van der Waals surface area contributed by atoms with E-state index in [4.69, 9.17) is 4.74 Å². The molecule has 1 amide bonds. The number of benzene rings is 1. The Kier molecular flexibility index (Phi) is 6.14. The van der Waals surface area contributed by atoms with E-state index in [1.54, 1.807) is 19.9 Å². The van der Waals surface area contributed by atoms with Crippen LogP contribution in [0.5, 0.6) is 5.75 Å². The molecule has 1 rings (SSSR count). The normalized spacial score (nSPS) is 13.4. The van der Waals surface area contributed by atoms with Gasteiger partial charge in [0.05, 0.1) is 7.11 Å². The molecule has 21 heavy (non-hydrogen) atoms. The van der Waals surface area contributed by atoms with Crippen LogP contribution in [0.15, 0.2) is 24.3 Å². The smallest absolute Gasteiger partial charge is 0.328 e. The fourth-order valence-corrected chi connectivity index (χ4v) is 1.69. The highest BCUT2D eigenvalue weighted by molar-refractivity contribution is 5.87. The van der Waals surface area contributed by atoms with Crippen LogP contribution in [0.3, 0.4) is 0 Å². The first-order valence-electron chi connectivity index (χ1n) is 6.65. The molecule has 1 aromatic rings. The summed E-state index contributed by atoms with van der Waals surface area (Å²) in [7, 11) is 1.26. The molecule has 0 unspecified atom stereocenters. The van der Waals surface area contributed by atoms with Crippen molar-refractivity contribution in [3.63, 3.8) is 0 Å². The van der Waals surface area contributed by atoms with Crippen molar-refractivity contribution in [3.8, 4) is 5.75 Å². The maximum Gasteiger partial charge on any atom is 0.328 e. The highest BCUT2D eigenvalue weighted by Crippen LogP contribution is 2.14. The average Bonchev–Trinajstić information content (AvgIpc) is 2.43. The molecule has 0 aromatic heterocycles. The molecule has 0 fully saturated rings. The van der Waals surface area contributed by atoms with Crippen LogP contribution in [0.4, 0.5) is 4.39 Å². The molecule has 1 aromatic carbocycles. The van der Waals surface area contributed by atoms with Gasteiger partial charge in [-0.2, -0.15) is 0 Å². The molecule has 0 spiro atoms. The van der Waals surface area contributed by atoms with Gasteiger partial charge in [-0.1, -0.05) is 19.9 Å². The van der Waals surface area contributed by atoms with Gasteiger partial charge < -0.3 is 14.8 Å². The van der Waals surface area contributed by atoms with E-state index in [9.17, 15) is 14.0 Å². The Hall–Kier alpha value is -2.11. The zero-order valence-corrected chi connectivity index (χ0v) is 12.6. The molecule has 2 atom stereocenters. The van der Waals surface area contributed by atoms with Crippen molar-refractivity contribution in [2.45, 2.75) is 32.9 Å². The maximum absolute atomic E-state index is 13.0. The van der Waals surface area contributed by atoms with Gasteiger partial charge in [0.2, 0.25) is 0 Å². The number of ether oxygens (including phenoxy) is 2. The van der Waals surface area contributed by atoms with Gasteiger partial charge in [0.1, 0.15) is 17.6 Å². The van der Waals surface area contributed by atoms with Gasteiger partial charge in [-0.05, 0) is 25.0 Å². The standard InChI is InChI=1S/C15H20FNO4/c1-9(2)13(15(19)20-4)17-14(18)10(3)21-12-7-5-6-11(16)8-12/h5-10,13H,1-4H3,(H,17,18)/t10-,13+/m1/s1. The van der Waals surface area contributed by atoms with E-state index in [-0.39, 0.29) is 11.7 Å². The second-order valence-electron chi connectivity index (χ2n) is 4.97. The van der Waals surface area contributed by atoms with Crippen LogP contribution in [-0.2, 0) is 14.3 Å². The van der Waals surface area contributed by atoms with E-state index in [0.29, 0.717) is 0 Å². The minimum Gasteiger partial charge on any atom is -0.481 e. The third-order valence-corrected chi connectivity index (χ3v) is 2.90. The monoisotopic (exact) mass is 297 g/mol. The van der Waals surface area contributed by atoms with E-state index in [0.717, 1.165) is 0 Å². The van der Waals surface area contributed by atoms with Crippen molar-refractivity contribution in [2.75, 3.05) is 7.11 Å². The number of halogens is 1. The van der Waals surface area contributed by atoms with Crippen molar-refractivity contribution in [2.24, 2.45) is 5.92 Å². The van der Waals surface area contributed by atoms with Crippen molar-refractivity contribution in [3.05, 3.63) is 30.1 Å². The van der Waals surface area contributed by atoms with Crippen LogP contribution >= 0.6 is 0 Å². The first kappa shape index (κ1) is 16.9. The number of hydrogen-bond donors (Lipinski definition) is 1. The molecule has 0 heterocycles. The minimum absolute atomic E-state index is 0.122. The van der Waals surface area contributed by atoms with Gasteiger partial charge in [-0.3, -0.25) is 4.79 Å². The van der Waals surface area contributed by atoms with Crippen LogP contribution < -0.4 is 10.1 Å². The number of methoxy groups -OCH3 is 1. The Bertz CT molecular complexity index is 504. The summed E-state index contributed by atoms with van der Waals surface area (Å²) < 4.78 is 23.0. The summed E-state index contributed by atoms with van der Waals surface area (Å²) in [5.74, 6) is -1.31. The third kappa shape index (κ3) is 5.06. The molecule has 0 bridgehead atoms. The van der Waals surface area contributed by atoms with Gasteiger partial charge in [-0.25, -0.2) is 9.18 Å². The predicted molar refractivity (Wildman–Crippen MR) is 75.3 cm³/mol. The summed E-state index contributed by atoms with van der Waals surface area (Å²) in [6.07, 6.45) is -0.863. The van der Waals surface area contributed by atoms with E-state index < -0.39 is 29.8 Å². The number of nitrogens with one attached hydrogen (secondary N) is 1. The Labute approximate surface area is 123 Å². The molecule has 0 saturated heterocycles. The number of esters is 1. The zero-order valence-electron chi connectivity index (χ0n) is 12.6. The van der Waals surface area contributed by atoms with E-state index in [1.807, 2.05) is 0 Å². The lowest BCUT2D eigenvalue weighted by atomic mass is 10.0. The molecule has 0 aliphatic heterocycles. The van der Waals surface area contributed by atoms with Crippen molar-refractivity contribution in [1.82, 2.24) is 5.32 Å². The quantitative estimate of drug-likeness (QED) is 0.815. The number of hydrogen-bond acceptors (Lipinski definition) is 4. The molecule has 0 saturated carbocycles. The molecule has 6 heteroatoms. The summed E-state index contributed by atoms with van der Waals surface area (Å²) in [4.78, 5) is 23.6. The summed E-state index contributed by atoms with van der Waals surface area (Å²) in [6.45, 7) is 5.11. The second kappa shape index (κ2) is 7.61. The molecule has 5 nitrogen and oxygen atoms in total. The van der Waals surface area contributed by atoms with Crippen LogP contribution in [0.2, 0.25) is 0 Å². The van der Waals surface area contributed by atoms with Crippen LogP contribution in [0.25, 0.3) is 0 Å². The van der Waals surface area contributed by atoms with Crippen molar-refractivity contribution >= 4 is 11.9 Å². The van der Waals surface area contributed by atoms with Crippen molar-refractivity contribution in [1.29, 1.82) is 0 Å². The van der Waals surface area contributed by atoms with Crippen LogP contribution in [-0.4, -0.2) is 31.1 Å². The number of carbonyl (C=O) groups excluding carboxylic acids is 2. The molecule has 1 N–H and O–H groups in total. The predicted octanol–water partition coefficient (Wildman–Crippen LogP) is 1.91. The van der Waals surface area contributed by atoms with Gasteiger partial charge in [0.25, 0.3) is 5.91 Å². The molecule has 0 aliphatic rings. The summed E-state index contributed by atoms with van der Waals surface area (Å²) in [5, 5.41) is 2.57. The SMILES string of the molecule is COC(=O)[C@@H](NC(=O)[C@@H](C)Oc1cccc(F)c1)C(C)C. The first-order valence-corrected chi connectivity index (χ1v) is 6.65. The Morgan fingerprint density at radius 2 is 1.90 bits per heavy atom. The Morgan fingerprint density at radius 1 is 1.24 bits per heavy atom. The highest BCUT2D eigenvalue weighted by Gasteiger charge is 2.27. The lowest BCUT2D eigenvalue weighted by Gasteiger charge is -2.22. The third-order valence-electron chi connectivity index (χ3n) is 2.90. The molecule has 0 radical (unpaired) electrons. The minimum atomic E-state index is -0.863. The zero-order chi connectivity index (χ0) is 16.0. The molecular weight excluding hydrogens is 277 g/mol. The van der Waals surface area contributed by atoms with Gasteiger partial charge in [0.15, 0.2) is 6.10 Å². The van der Waals surface area contributed by atoms with Gasteiger partial charge in [-0.15, -0.1) is 0 Å². The lowest BCUT2D eigenvalue weighted by Crippen LogP contribution is -2.49.